The molecule has 4 saturated carbocycles. The lowest BCUT2D eigenvalue weighted by atomic mass is 9.33. The van der Waals surface area contributed by atoms with Gasteiger partial charge >= 0.3 is 17.9 Å². The van der Waals surface area contributed by atoms with Crippen LogP contribution >= 0.6 is 0 Å². The molecule has 1 aromatic carbocycles. The molecule has 6 heteroatoms. The molecule has 6 rings (SSSR count). The average Bonchev–Trinajstić information content (AvgIpc) is 3.13. The molecule has 0 N–H and O–H groups in total. The van der Waals surface area contributed by atoms with Crippen molar-refractivity contribution in [2.24, 2.45) is 50.2 Å². The zero-order valence-electron chi connectivity index (χ0n) is 36.0. The summed E-state index contributed by atoms with van der Waals surface area (Å²) >= 11 is 0. The van der Waals surface area contributed by atoms with Crippen molar-refractivity contribution in [2.75, 3.05) is 0 Å². The molecule has 9 atom stereocenters. The van der Waals surface area contributed by atoms with Gasteiger partial charge in [-0.3, -0.25) is 14.4 Å². The van der Waals surface area contributed by atoms with Crippen molar-refractivity contribution >= 4 is 17.9 Å². The topological polar surface area (TPSA) is 78.9 Å². The molecular formula is C49H74O6. The summed E-state index contributed by atoms with van der Waals surface area (Å²) in [5.41, 5.74) is 1.64. The summed E-state index contributed by atoms with van der Waals surface area (Å²) in [4.78, 5) is 41.3. The Morgan fingerprint density at radius 3 is 2.02 bits per heavy atom. The minimum atomic E-state index is -0.488. The van der Waals surface area contributed by atoms with E-state index in [1.54, 1.807) is 0 Å². The molecule has 0 unspecified atom stereocenters. The van der Waals surface area contributed by atoms with E-state index in [9.17, 15) is 14.4 Å². The van der Waals surface area contributed by atoms with E-state index in [0.717, 1.165) is 95.5 Å². The number of rotatable bonds is 13. The van der Waals surface area contributed by atoms with E-state index >= 15 is 0 Å². The summed E-state index contributed by atoms with van der Waals surface area (Å²) < 4.78 is 19.2. The molecule has 5 aliphatic carbocycles. The molecule has 0 amide bonds. The minimum absolute atomic E-state index is 0.000538. The minimum Gasteiger partial charge on any atom is -0.460 e. The third kappa shape index (κ3) is 7.60. The van der Waals surface area contributed by atoms with Gasteiger partial charge in [0.15, 0.2) is 0 Å². The van der Waals surface area contributed by atoms with Crippen LogP contribution in [0.3, 0.4) is 0 Å². The number of esters is 3. The number of ether oxygens (including phenoxy) is 3. The molecule has 55 heavy (non-hydrogen) atoms. The predicted octanol–water partition coefficient (Wildman–Crippen LogP) is 12.1. The molecule has 4 fully saturated rings. The van der Waals surface area contributed by atoms with Crippen LogP contribution in [0, 0.1) is 50.2 Å². The number of fused-ring (bicyclic) bond motifs is 7. The second-order valence-corrected chi connectivity index (χ2v) is 20.8. The van der Waals surface area contributed by atoms with Crippen molar-refractivity contribution in [1.82, 2.24) is 0 Å². The van der Waals surface area contributed by atoms with Crippen LogP contribution in [-0.4, -0.2) is 30.1 Å². The van der Waals surface area contributed by atoms with E-state index in [1.807, 2.05) is 30.3 Å². The van der Waals surface area contributed by atoms with Crippen LogP contribution in [-0.2, 0) is 35.2 Å². The maximum Gasteiger partial charge on any atom is 0.313 e. The first kappa shape index (κ1) is 42.0. The number of carbonyl (C=O) groups excluding carboxylic acids is 3. The van der Waals surface area contributed by atoms with Gasteiger partial charge in [-0.2, -0.15) is 0 Å². The quantitative estimate of drug-likeness (QED) is 0.0862. The normalized spacial score (nSPS) is 37.2. The van der Waals surface area contributed by atoms with Crippen molar-refractivity contribution < 1.29 is 28.6 Å². The van der Waals surface area contributed by atoms with Gasteiger partial charge in [0.1, 0.15) is 18.8 Å². The molecule has 0 saturated heterocycles. The summed E-state index contributed by atoms with van der Waals surface area (Å²) in [5, 5.41) is 0. The van der Waals surface area contributed by atoms with Crippen LogP contribution in [0.15, 0.2) is 42.0 Å². The zero-order chi connectivity index (χ0) is 39.9. The zero-order valence-corrected chi connectivity index (χ0v) is 36.0. The third-order valence-corrected chi connectivity index (χ3v) is 16.6. The molecular weight excluding hydrogens is 685 g/mol. The summed E-state index contributed by atoms with van der Waals surface area (Å²) in [5.74, 6) is 0.507. The monoisotopic (exact) mass is 759 g/mol. The van der Waals surface area contributed by atoms with E-state index in [-0.39, 0.29) is 50.9 Å². The largest absolute Gasteiger partial charge is 0.460 e. The first-order chi connectivity index (χ1) is 26.0. The second-order valence-electron chi connectivity index (χ2n) is 20.8. The highest BCUT2D eigenvalue weighted by Gasteiger charge is 2.71. The van der Waals surface area contributed by atoms with Crippen molar-refractivity contribution in [3.05, 3.63) is 47.5 Å². The molecule has 0 heterocycles. The highest BCUT2D eigenvalue weighted by Crippen LogP contribution is 2.76. The SMILES string of the molecule is CCCCCC(=O)O[C@@H]1C[C@]2(C)[C@H]3CC=C4[C@@H]5CC(C)(C)CC[C@]5(C(=O)OCc5ccccc5)CC[C@@]4(C)[C@]3(C)CC[C@H]2C(C)(C)[C@H]1OC(=O)CCCCC. The molecule has 0 spiro atoms. The smallest absolute Gasteiger partial charge is 0.313 e. The lowest BCUT2D eigenvalue weighted by Gasteiger charge is -2.71. The Balaban J connectivity index is 1.33. The Kier molecular flexibility index (Phi) is 12.2. The number of benzene rings is 1. The molecule has 0 aliphatic heterocycles. The number of unbranched alkanes of at least 4 members (excludes halogenated alkanes) is 4. The fourth-order valence-electron chi connectivity index (χ4n) is 13.4. The molecule has 5 aliphatic rings. The number of allylic oxidation sites excluding steroid dienone is 2. The number of carbonyl (C=O) groups is 3. The van der Waals surface area contributed by atoms with Gasteiger partial charge in [-0.25, -0.2) is 0 Å². The molecule has 0 radical (unpaired) electrons. The van der Waals surface area contributed by atoms with Gasteiger partial charge in [0.05, 0.1) is 5.41 Å². The van der Waals surface area contributed by atoms with E-state index in [2.05, 4.69) is 68.4 Å². The number of hydrogen-bond donors (Lipinski definition) is 0. The lowest BCUT2D eigenvalue weighted by molar-refractivity contribution is -0.245. The first-order valence-electron chi connectivity index (χ1n) is 22.3. The van der Waals surface area contributed by atoms with Crippen LogP contribution < -0.4 is 0 Å². The van der Waals surface area contributed by atoms with Gasteiger partial charge in [0.2, 0.25) is 0 Å². The highest BCUT2D eigenvalue weighted by atomic mass is 16.6. The van der Waals surface area contributed by atoms with Gasteiger partial charge in [0, 0.05) is 18.3 Å². The molecule has 0 bridgehead atoms. The van der Waals surface area contributed by atoms with Crippen molar-refractivity contribution in [3.8, 4) is 0 Å². The second kappa shape index (κ2) is 16.0. The van der Waals surface area contributed by atoms with E-state index in [0.29, 0.717) is 37.7 Å². The summed E-state index contributed by atoms with van der Waals surface area (Å²) in [6.45, 7) is 21.5. The van der Waals surface area contributed by atoms with Gasteiger partial charge in [0.25, 0.3) is 0 Å². The Morgan fingerprint density at radius 1 is 0.727 bits per heavy atom. The van der Waals surface area contributed by atoms with E-state index in [1.165, 1.54) is 5.57 Å². The summed E-state index contributed by atoms with van der Waals surface area (Å²) in [6.07, 6.45) is 16.7. The third-order valence-electron chi connectivity index (χ3n) is 16.6. The molecule has 306 valence electrons. The fourth-order valence-corrected chi connectivity index (χ4v) is 13.4. The van der Waals surface area contributed by atoms with Crippen LogP contribution in [0.4, 0.5) is 0 Å². The van der Waals surface area contributed by atoms with Crippen LogP contribution in [0.2, 0.25) is 0 Å². The van der Waals surface area contributed by atoms with Gasteiger partial charge in [-0.1, -0.05) is 130 Å². The predicted molar refractivity (Wildman–Crippen MR) is 219 cm³/mol. The Labute approximate surface area is 333 Å². The Hall–Kier alpha value is -2.63. The van der Waals surface area contributed by atoms with E-state index in [4.69, 9.17) is 14.2 Å². The van der Waals surface area contributed by atoms with Crippen LogP contribution in [0.1, 0.15) is 177 Å². The van der Waals surface area contributed by atoms with Crippen molar-refractivity contribution in [2.45, 2.75) is 190 Å². The van der Waals surface area contributed by atoms with Gasteiger partial charge < -0.3 is 14.2 Å². The van der Waals surface area contributed by atoms with Gasteiger partial charge in [-0.15, -0.1) is 0 Å². The highest BCUT2D eigenvalue weighted by molar-refractivity contribution is 5.79. The van der Waals surface area contributed by atoms with Crippen LogP contribution in [0.5, 0.6) is 0 Å². The Morgan fingerprint density at radius 2 is 1.36 bits per heavy atom. The molecule has 0 aromatic heterocycles. The number of hydrogen-bond acceptors (Lipinski definition) is 6. The average molecular weight is 759 g/mol. The maximum absolute atomic E-state index is 14.5. The van der Waals surface area contributed by atoms with E-state index < -0.39 is 17.6 Å². The lowest BCUT2D eigenvalue weighted by Crippen LogP contribution is -2.67. The standard InChI is InChI=1S/C49H74O6/c1-10-12-15-21-40(50)54-37-32-46(7)38(45(5,6)42(37)55-41(51)22-16-13-11-2)25-26-48(9)39(46)24-23-35-36-31-44(3,4)27-29-49(36,30-28-47(35,48)8)43(52)53-33-34-19-17-14-18-20-34/h14,17-20,23,36-39,42H,10-13,15-16,21-22,24-33H2,1-9H3/t36-,37+,38-,39+,42-,46-,47+,48+,49-/m0/s1. The van der Waals surface area contributed by atoms with Crippen molar-refractivity contribution in [1.29, 1.82) is 0 Å². The van der Waals surface area contributed by atoms with Gasteiger partial charge in [-0.05, 0) is 116 Å². The van der Waals surface area contributed by atoms with Crippen molar-refractivity contribution in [3.63, 3.8) is 0 Å². The van der Waals surface area contributed by atoms with Crippen LogP contribution in [0.25, 0.3) is 0 Å². The summed E-state index contributed by atoms with van der Waals surface area (Å²) in [7, 11) is 0. The molecule has 1 aromatic rings. The molecule has 6 nitrogen and oxygen atoms in total. The Bertz CT molecular complexity index is 1580. The first-order valence-corrected chi connectivity index (χ1v) is 22.3. The summed E-state index contributed by atoms with van der Waals surface area (Å²) in [6, 6.07) is 10.1. The maximum atomic E-state index is 14.5. The fraction of sp³-hybridized carbons (Fsp3) is 0.776.